The zero-order valence-electron chi connectivity index (χ0n) is 15.5. The van der Waals surface area contributed by atoms with Gasteiger partial charge in [-0.25, -0.2) is 9.97 Å². The molecule has 0 amide bonds. The van der Waals surface area contributed by atoms with Gasteiger partial charge in [0.2, 0.25) is 5.95 Å². The van der Waals surface area contributed by atoms with Crippen molar-refractivity contribution >= 4 is 17.6 Å². The van der Waals surface area contributed by atoms with Crippen molar-refractivity contribution in [3.63, 3.8) is 0 Å². The van der Waals surface area contributed by atoms with Crippen LogP contribution in [-0.4, -0.2) is 59.4 Å². The number of alkyl halides is 2. The molecule has 0 aromatic carbocycles. The van der Waals surface area contributed by atoms with E-state index in [2.05, 4.69) is 19.5 Å². The van der Waals surface area contributed by atoms with Crippen LogP contribution in [0.5, 0.6) is 5.75 Å². The lowest BCUT2D eigenvalue weighted by molar-refractivity contribution is -0.113. The largest absolute Gasteiger partial charge is 0.431 e. The van der Waals surface area contributed by atoms with Gasteiger partial charge in [-0.15, -0.1) is 0 Å². The molecule has 1 aliphatic carbocycles. The first-order valence-corrected chi connectivity index (χ1v) is 9.80. The number of hydrogen-bond acceptors (Lipinski definition) is 8. The molecule has 1 unspecified atom stereocenters. The topological polar surface area (TPSA) is 89.6 Å². The van der Waals surface area contributed by atoms with Gasteiger partial charge in [-0.05, 0) is 24.8 Å². The van der Waals surface area contributed by atoms with Crippen molar-refractivity contribution in [1.82, 2.24) is 15.0 Å². The number of fused-ring (bicyclic) bond motifs is 2. The van der Waals surface area contributed by atoms with E-state index in [-0.39, 0.29) is 17.7 Å². The Morgan fingerprint density at radius 1 is 1.17 bits per heavy atom. The summed E-state index contributed by atoms with van der Waals surface area (Å²) in [5.41, 5.74) is 6.86. The Kier molecular flexibility index (Phi) is 3.62. The van der Waals surface area contributed by atoms with Crippen molar-refractivity contribution in [3.8, 4) is 17.0 Å². The molecule has 7 rings (SSSR count). The molecule has 10 heteroatoms. The minimum atomic E-state index is -2.97. The second-order valence-electron chi connectivity index (χ2n) is 8.13. The lowest BCUT2D eigenvalue weighted by Crippen LogP contribution is -2.71. The number of ether oxygens (including phenoxy) is 2. The van der Waals surface area contributed by atoms with Gasteiger partial charge in [0.25, 0.3) is 0 Å². The molecule has 0 radical (unpaired) electrons. The summed E-state index contributed by atoms with van der Waals surface area (Å²) in [6.07, 6.45) is 4.17. The van der Waals surface area contributed by atoms with E-state index in [9.17, 15) is 8.78 Å². The number of rotatable bonds is 5. The predicted octanol–water partition coefficient (Wildman–Crippen LogP) is 1.91. The highest BCUT2D eigenvalue weighted by Crippen LogP contribution is 2.44. The zero-order valence-corrected chi connectivity index (χ0v) is 15.5. The van der Waals surface area contributed by atoms with Gasteiger partial charge >= 0.3 is 6.61 Å². The molecule has 5 aliphatic rings. The molecule has 6 heterocycles. The summed E-state index contributed by atoms with van der Waals surface area (Å²) < 4.78 is 35.4. The van der Waals surface area contributed by atoms with Gasteiger partial charge in [-0.2, -0.15) is 13.8 Å². The quantitative estimate of drug-likeness (QED) is 0.811. The Balaban J connectivity index is 1.40. The summed E-state index contributed by atoms with van der Waals surface area (Å²) >= 11 is 0. The predicted molar refractivity (Wildman–Crippen MR) is 101 cm³/mol. The van der Waals surface area contributed by atoms with Gasteiger partial charge < -0.3 is 25.0 Å². The second-order valence-corrected chi connectivity index (χ2v) is 8.13. The molecule has 1 saturated carbocycles. The van der Waals surface area contributed by atoms with Crippen molar-refractivity contribution in [2.45, 2.75) is 37.6 Å². The highest BCUT2D eigenvalue weighted by molar-refractivity contribution is 5.69. The third-order valence-corrected chi connectivity index (χ3v) is 6.44. The van der Waals surface area contributed by atoms with Gasteiger partial charge in [-0.3, -0.25) is 0 Å². The van der Waals surface area contributed by atoms with E-state index in [1.807, 2.05) is 6.07 Å². The summed E-state index contributed by atoms with van der Waals surface area (Å²) in [4.78, 5) is 18.1. The smallest absolute Gasteiger partial charge is 0.387 e. The Hall–Kier alpha value is -2.75. The fourth-order valence-corrected chi connectivity index (χ4v) is 4.65. The molecule has 152 valence electrons. The van der Waals surface area contributed by atoms with E-state index in [4.69, 9.17) is 20.4 Å². The normalized spacial score (nSPS) is 29.2. The van der Waals surface area contributed by atoms with Gasteiger partial charge in [0.1, 0.15) is 5.82 Å². The van der Waals surface area contributed by atoms with E-state index in [0.29, 0.717) is 41.8 Å². The first kappa shape index (κ1) is 17.1. The number of hydrogen-bond donors (Lipinski definition) is 1. The third-order valence-electron chi connectivity index (χ3n) is 6.44. The van der Waals surface area contributed by atoms with Gasteiger partial charge in [0, 0.05) is 37.0 Å². The number of nitrogens with zero attached hydrogens (tertiary/aromatic N) is 5. The van der Waals surface area contributed by atoms with Crippen molar-refractivity contribution in [2.24, 2.45) is 5.92 Å². The summed E-state index contributed by atoms with van der Waals surface area (Å²) in [5.74, 6) is 1.99. The molecule has 2 atom stereocenters. The van der Waals surface area contributed by atoms with Gasteiger partial charge in [0.05, 0.1) is 24.4 Å². The Morgan fingerprint density at radius 2 is 2.03 bits per heavy atom. The van der Waals surface area contributed by atoms with Crippen LogP contribution < -0.4 is 20.3 Å². The summed E-state index contributed by atoms with van der Waals surface area (Å²) in [5, 5.41) is 0. The third kappa shape index (κ3) is 2.69. The summed E-state index contributed by atoms with van der Waals surface area (Å²) in [7, 11) is 0. The van der Waals surface area contributed by atoms with Crippen LogP contribution in [0.4, 0.5) is 26.4 Å². The molecule has 5 fully saturated rings. The minimum absolute atomic E-state index is 0.0823. The standard InChI is InChI=1S/C19H20F2N6O2/c20-18(21)29-14-3-10(5-23-17(14)22)12-4-16(27-7-15-13(27)8-28-15)25-19(24-12)26-6-9-1-11(26)2-9/h3-5,9,11,13,15,18H,1-2,6-8H2,(H2,22,23)/t9?,11?,13-,15?/m1/s1. The molecule has 2 aromatic rings. The van der Waals surface area contributed by atoms with Gasteiger partial charge in [0.15, 0.2) is 11.6 Å². The van der Waals surface area contributed by atoms with Crippen molar-refractivity contribution in [2.75, 3.05) is 35.2 Å². The lowest BCUT2D eigenvalue weighted by Gasteiger charge is -2.55. The van der Waals surface area contributed by atoms with Crippen molar-refractivity contribution in [1.29, 1.82) is 0 Å². The average molecular weight is 402 g/mol. The summed E-state index contributed by atoms with van der Waals surface area (Å²) in [6.45, 7) is -0.517. The van der Waals surface area contributed by atoms with E-state index < -0.39 is 6.61 Å². The minimum Gasteiger partial charge on any atom is -0.431 e. The van der Waals surface area contributed by atoms with Crippen LogP contribution in [0.2, 0.25) is 0 Å². The highest BCUT2D eigenvalue weighted by atomic mass is 19.3. The number of pyridine rings is 1. The average Bonchev–Trinajstić information content (AvgIpc) is 3.26. The summed E-state index contributed by atoms with van der Waals surface area (Å²) in [6, 6.07) is 4.17. The first-order valence-electron chi connectivity index (χ1n) is 9.80. The Labute approximate surface area is 165 Å². The van der Waals surface area contributed by atoms with Crippen LogP contribution in [0, 0.1) is 5.92 Å². The fourth-order valence-electron chi connectivity index (χ4n) is 4.65. The van der Waals surface area contributed by atoms with Crippen LogP contribution in [0.25, 0.3) is 11.3 Å². The molecule has 4 saturated heterocycles. The number of nitrogen functional groups attached to an aromatic ring is 1. The molecule has 8 nitrogen and oxygen atoms in total. The van der Waals surface area contributed by atoms with E-state index >= 15 is 0 Å². The second kappa shape index (κ2) is 6.12. The number of halogens is 2. The van der Waals surface area contributed by atoms with Crippen LogP contribution in [0.15, 0.2) is 18.3 Å². The van der Waals surface area contributed by atoms with Crippen LogP contribution in [0.3, 0.4) is 0 Å². The fraction of sp³-hybridized carbons (Fsp3) is 0.526. The SMILES string of the molecule is Nc1ncc(-c2cc(N3CC4OC[C@H]43)nc(N3CC4CC3C4)n2)cc1OC(F)F. The molecule has 0 spiro atoms. The molecule has 4 aliphatic heterocycles. The van der Waals surface area contributed by atoms with Gasteiger partial charge in [-0.1, -0.05) is 0 Å². The maximum absolute atomic E-state index is 12.7. The van der Waals surface area contributed by atoms with Crippen molar-refractivity contribution in [3.05, 3.63) is 18.3 Å². The monoisotopic (exact) mass is 402 g/mol. The molecule has 2 bridgehead atoms. The Morgan fingerprint density at radius 3 is 2.66 bits per heavy atom. The highest BCUT2D eigenvalue weighted by Gasteiger charge is 2.49. The first-order chi connectivity index (χ1) is 14.0. The van der Waals surface area contributed by atoms with E-state index in [1.54, 1.807) is 0 Å². The number of anilines is 3. The van der Waals surface area contributed by atoms with Crippen LogP contribution in [0.1, 0.15) is 12.8 Å². The van der Waals surface area contributed by atoms with Crippen LogP contribution in [-0.2, 0) is 4.74 Å². The zero-order chi connectivity index (χ0) is 19.7. The molecular formula is C19H20F2N6O2. The van der Waals surface area contributed by atoms with Crippen molar-refractivity contribution < 1.29 is 18.3 Å². The van der Waals surface area contributed by atoms with E-state index in [0.717, 1.165) is 18.9 Å². The molecular weight excluding hydrogens is 382 g/mol. The maximum atomic E-state index is 12.7. The Bertz CT molecular complexity index is 970. The maximum Gasteiger partial charge on any atom is 0.387 e. The molecule has 29 heavy (non-hydrogen) atoms. The number of aromatic nitrogens is 3. The van der Waals surface area contributed by atoms with E-state index in [1.165, 1.54) is 25.1 Å². The molecule has 2 aromatic heterocycles. The lowest BCUT2D eigenvalue weighted by atomic mass is 9.86. The molecule has 2 N–H and O–H groups in total. The number of morpholine rings is 1. The van der Waals surface area contributed by atoms with Crippen LogP contribution >= 0.6 is 0 Å². The number of nitrogens with two attached hydrogens (primary N) is 1.